The van der Waals surface area contributed by atoms with Crippen LogP contribution >= 0.6 is 0 Å². The van der Waals surface area contributed by atoms with Gasteiger partial charge in [0.1, 0.15) is 18.2 Å². The molecular formula is C22H20F2N3O5. The lowest BCUT2D eigenvalue weighted by Crippen LogP contribution is -2.45. The molecule has 1 atom stereocenters. The van der Waals surface area contributed by atoms with Crippen LogP contribution in [0.25, 0.3) is 11.1 Å². The molecule has 1 heterocycles. The molecule has 1 aromatic heterocycles. The fraction of sp³-hybridized carbons (Fsp3) is 0.227. The van der Waals surface area contributed by atoms with Crippen LogP contribution in [-0.4, -0.2) is 41.3 Å². The van der Waals surface area contributed by atoms with E-state index in [-0.39, 0.29) is 5.89 Å². The van der Waals surface area contributed by atoms with Gasteiger partial charge in [0.2, 0.25) is 11.7 Å². The zero-order chi connectivity index (χ0) is 23.1. The number of carbonyl (C=O) groups excluding carboxylic acids is 3. The van der Waals surface area contributed by atoms with Crippen molar-refractivity contribution in [3.8, 4) is 0 Å². The molecule has 0 saturated carbocycles. The zero-order valence-electron chi connectivity index (χ0n) is 16.8. The zero-order valence-corrected chi connectivity index (χ0v) is 16.8. The SMILES string of the molecule is NC(=O)OCC(NC(=O)[CH]CC(F)(F)Cc1ccccc1)C(=O)c1nc2ccccc2o1. The number of Topliss-reactive ketones (excluding diaryl/α,β-unsaturated/α-hetero) is 1. The van der Waals surface area contributed by atoms with E-state index in [1.54, 1.807) is 54.6 Å². The van der Waals surface area contributed by atoms with Crippen molar-refractivity contribution in [2.45, 2.75) is 24.8 Å². The lowest BCUT2D eigenvalue weighted by molar-refractivity contribution is -0.119. The molecule has 167 valence electrons. The molecule has 8 nitrogen and oxygen atoms in total. The first-order chi connectivity index (χ1) is 15.2. The topological polar surface area (TPSA) is 125 Å². The van der Waals surface area contributed by atoms with Crippen molar-refractivity contribution in [2.75, 3.05) is 6.61 Å². The van der Waals surface area contributed by atoms with E-state index in [2.05, 4.69) is 15.0 Å². The van der Waals surface area contributed by atoms with E-state index in [9.17, 15) is 23.2 Å². The number of ketones is 1. The van der Waals surface area contributed by atoms with Crippen LogP contribution in [0.5, 0.6) is 0 Å². The van der Waals surface area contributed by atoms with E-state index in [0.29, 0.717) is 16.7 Å². The molecule has 0 aliphatic carbocycles. The molecule has 0 spiro atoms. The summed E-state index contributed by atoms with van der Waals surface area (Å²) in [6, 6.07) is 13.3. The molecule has 0 fully saturated rings. The van der Waals surface area contributed by atoms with Crippen LogP contribution in [0.3, 0.4) is 0 Å². The first-order valence-corrected chi connectivity index (χ1v) is 9.61. The van der Waals surface area contributed by atoms with Crippen LogP contribution in [0.15, 0.2) is 59.0 Å². The summed E-state index contributed by atoms with van der Waals surface area (Å²) in [4.78, 5) is 40.0. The average Bonchev–Trinajstić information content (AvgIpc) is 3.19. The Morgan fingerprint density at radius 3 is 2.50 bits per heavy atom. The van der Waals surface area contributed by atoms with Crippen molar-refractivity contribution in [1.29, 1.82) is 0 Å². The number of nitrogens with zero attached hydrogens (tertiary/aromatic N) is 1. The fourth-order valence-electron chi connectivity index (χ4n) is 2.91. The fourth-order valence-corrected chi connectivity index (χ4v) is 2.91. The van der Waals surface area contributed by atoms with Gasteiger partial charge in [0, 0.05) is 12.8 Å². The summed E-state index contributed by atoms with van der Waals surface area (Å²) in [5.74, 6) is -5.26. The Labute approximate surface area is 181 Å². The van der Waals surface area contributed by atoms with Gasteiger partial charge in [0.05, 0.1) is 6.42 Å². The van der Waals surface area contributed by atoms with Crippen LogP contribution in [0.4, 0.5) is 13.6 Å². The monoisotopic (exact) mass is 444 g/mol. The molecule has 10 heteroatoms. The van der Waals surface area contributed by atoms with Crippen molar-refractivity contribution in [2.24, 2.45) is 5.73 Å². The Morgan fingerprint density at radius 1 is 1.12 bits per heavy atom. The molecule has 32 heavy (non-hydrogen) atoms. The minimum atomic E-state index is -3.18. The van der Waals surface area contributed by atoms with Crippen LogP contribution in [0.1, 0.15) is 22.7 Å². The second-order valence-corrected chi connectivity index (χ2v) is 6.97. The van der Waals surface area contributed by atoms with Crippen molar-refractivity contribution in [1.82, 2.24) is 10.3 Å². The molecule has 0 bridgehead atoms. The molecule has 2 aromatic carbocycles. The number of ether oxygens (including phenoxy) is 1. The van der Waals surface area contributed by atoms with E-state index >= 15 is 0 Å². The molecule has 3 N–H and O–H groups in total. The number of primary amides is 1. The smallest absolute Gasteiger partial charge is 0.404 e. The highest BCUT2D eigenvalue weighted by Crippen LogP contribution is 2.25. The highest BCUT2D eigenvalue weighted by Gasteiger charge is 2.32. The number of hydrogen-bond acceptors (Lipinski definition) is 6. The van der Waals surface area contributed by atoms with Gasteiger partial charge < -0.3 is 20.2 Å². The third-order valence-corrected chi connectivity index (χ3v) is 4.42. The first kappa shape index (κ1) is 22.9. The molecule has 0 saturated heterocycles. The lowest BCUT2D eigenvalue weighted by Gasteiger charge is -2.18. The van der Waals surface area contributed by atoms with E-state index in [1.807, 2.05) is 0 Å². The van der Waals surface area contributed by atoms with Gasteiger partial charge in [-0.05, 0) is 17.7 Å². The number of carbonyl (C=O) groups is 3. The number of fused-ring (bicyclic) bond motifs is 1. The minimum absolute atomic E-state index is 0.334. The second kappa shape index (κ2) is 9.99. The summed E-state index contributed by atoms with van der Waals surface area (Å²) in [7, 11) is 0. The number of para-hydroxylation sites is 2. The number of halogens is 2. The van der Waals surface area contributed by atoms with Crippen LogP contribution in [0, 0.1) is 6.42 Å². The van der Waals surface area contributed by atoms with Gasteiger partial charge in [0.15, 0.2) is 5.58 Å². The van der Waals surface area contributed by atoms with E-state index in [1.165, 1.54) is 0 Å². The Hall–Kier alpha value is -3.82. The summed E-state index contributed by atoms with van der Waals surface area (Å²) in [6.45, 7) is -0.618. The third-order valence-electron chi connectivity index (χ3n) is 4.42. The number of alkyl halides is 2. The maximum atomic E-state index is 14.2. The summed E-state index contributed by atoms with van der Waals surface area (Å²) < 4.78 is 38.4. The lowest BCUT2D eigenvalue weighted by atomic mass is 10.0. The van der Waals surface area contributed by atoms with Crippen LogP contribution in [-0.2, 0) is 16.0 Å². The molecule has 3 aromatic rings. The molecule has 2 amide bonds. The number of amides is 2. The normalized spacial score (nSPS) is 12.3. The van der Waals surface area contributed by atoms with Crippen LogP contribution < -0.4 is 11.1 Å². The highest BCUT2D eigenvalue weighted by molar-refractivity contribution is 6.01. The summed E-state index contributed by atoms with van der Waals surface area (Å²) in [6.07, 6.45) is -1.84. The maximum Gasteiger partial charge on any atom is 0.404 e. The predicted octanol–water partition coefficient (Wildman–Crippen LogP) is 3.06. The third kappa shape index (κ3) is 6.34. The molecule has 1 unspecified atom stereocenters. The number of nitrogens with two attached hydrogens (primary N) is 1. The van der Waals surface area contributed by atoms with Gasteiger partial charge in [-0.2, -0.15) is 0 Å². The summed E-state index contributed by atoms with van der Waals surface area (Å²) in [5, 5.41) is 2.24. The van der Waals surface area contributed by atoms with Gasteiger partial charge in [-0.25, -0.2) is 18.6 Å². The molecule has 0 aliphatic rings. The average molecular weight is 444 g/mol. The van der Waals surface area contributed by atoms with E-state index in [0.717, 1.165) is 6.42 Å². The molecule has 1 radical (unpaired) electrons. The second-order valence-electron chi connectivity index (χ2n) is 6.97. The van der Waals surface area contributed by atoms with Gasteiger partial charge in [-0.15, -0.1) is 0 Å². The number of nitrogens with one attached hydrogen (secondary N) is 1. The van der Waals surface area contributed by atoms with E-state index in [4.69, 9.17) is 10.2 Å². The van der Waals surface area contributed by atoms with Gasteiger partial charge in [-0.3, -0.25) is 9.59 Å². The largest absolute Gasteiger partial charge is 0.447 e. The number of oxazole rings is 1. The quantitative estimate of drug-likeness (QED) is 0.463. The first-order valence-electron chi connectivity index (χ1n) is 9.61. The number of benzene rings is 2. The minimum Gasteiger partial charge on any atom is -0.447 e. The van der Waals surface area contributed by atoms with Crippen molar-refractivity contribution >= 4 is 28.9 Å². The molecule has 3 rings (SSSR count). The summed E-state index contributed by atoms with van der Waals surface area (Å²) in [5.41, 5.74) is 6.09. The maximum absolute atomic E-state index is 14.2. The standard InChI is InChI=1S/C22H20F2N3O5/c23-22(24,12-14-6-2-1-3-7-14)11-10-18(28)26-16(13-31-21(25)30)19(29)20-27-15-8-4-5-9-17(15)32-20/h1-10,16H,11-13H2,(H2,25,30)(H,26,28). The van der Waals surface area contributed by atoms with Crippen molar-refractivity contribution in [3.63, 3.8) is 0 Å². The van der Waals surface area contributed by atoms with Gasteiger partial charge in [0.25, 0.3) is 11.8 Å². The van der Waals surface area contributed by atoms with Crippen molar-refractivity contribution in [3.05, 3.63) is 72.5 Å². The Bertz CT molecular complexity index is 1070. The predicted molar refractivity (Wildman–Crippen MR) is 110 cm³/mol. The number of aromatic nitrogens is 1. The number of rotatable bonds is 10. The molecular weight excluding hydrogens is 424 g/mol. The highest BCUT2D eigenvalue weighted by atomic mass is 19.3. The molecule has 0 aliphatic heterocycles. The van der Waals surface area contributed by atoms with E-state index < -0.39 is 49.2 Å². The number of hydrogen-bond donors (Lipinski definition) is 2. The van der Waals surface area contributed by atoms with Crippen molar-refractivity contribution < 1.29 is 32.3 Å². The van der Waals surface area contributed by atoms with Crippen LogP contribution in [0.2, 0.25) is 0 Å². The summed E-state index contributed by atoms with van der Waals surface area (Å²) >= 11 is 0. The van der Waals surface area contributed by atoms with Gasteiger partial charge in [-0.1, -0.05) is 42.5 Å². The Morgan fingerprint density at radius 2 is 1.81 bits per heavy atom. The van der Waals surface area contributed by atoms with Gasteiger partial charge >= 0.3 is 6.09 Å². The Balaban J connectivity index is 1.64. The Kier molecular flexibility index (Phi) is 7.14.